The van der Waals surface area contributed by atoms with Crippen LogP contribution in [0.5, 0.6) is 11.6 Å². The standard InChI is InChI=1S/C21H14ClF3N6O2/c22-17-6-3-14(11-16(17)21(23,24)25)28-20(32)27-13-1-4-15(5-2-13)33-19-8-7-18(29-30-19)31-10-9-26-12-31/h1-12H,(H2,27,28,32). The summed E-state index contributed by atoms with van der Waals surface area (Å²) in [5.74, 6) is 1.28. The smallest absolute Gasteiger partial charge is 0.417 e. The molecule has 0 aliphatic carbocycles. The summed E-state index contributed by atoms with van der Waals surface area (Å²) in [6.07, 6.45) is 0.311. The van der Waals surface area contributed by atoms with Gasteiger partial charge in [-0.1, -0.05) is 11.6 Å². The molecule has 2 aromatic carbocycles. The van der Waals surface area contributed by atoms with Crippen LogP contribution < -0.4 is 15.4 Å². The number of hydrogen-bond donors (Lipinski definition) is 2. The lowest BCUT2D eigenvalue weighted by Crippen LogP contribution is -2.19. The molecule has 0 aliphatic rings. The van der Waals surface area contributed by atoms with Crippen molar-refractivity contribution in [1.29, 1.82) is 0 Å². The lowest BCUT2D eigenvalue weighted by molar-refractivity contribution is -0.137. The SMILES string of the molecule is O=C(Nc1ccc(Oc2ccc(-n3ccnc3)nn2)cc1)Nc1ccc(Cl)c(C(F)(F)F)c1. The molecule has 0 unspecified atom stereocenters. The number of benzene rings is 2. The monoisotopic (exact) mass is 474 g/mol. The first kappa shape index (κ1) is 22.1. The van der Waals surface area contributed by atoms with Crippen molar-refractivity contribution >= 4 is 29.0 Å². The molecule has 0 radical (unpaired) electrons. The Balaban J connectivity index is 1.35. The highest BCUT2D eigenvalue weighted by atomic mass is 35.5. The van der Waals surface area contributed by atoms with Crippen molar-refractivity contribution in [2.24, 2.45) is 0 Å². The fourth-order valence-corrected chi connectivity index (χ4v) is 2.97. The van der Waals surface area contributed by atoms with Gasteiger partial charge < -0.3 is 15.4 Å². The number of rotatable bonds is 5. The van der Waals surface area contributed by atoms with Crippen molar-refractivity contribution in [2.75, 3.05) is 10.6 Å². The topological polar surface area (TPSA) is 94.0 Å². The van der Waals surface area contributed by atoms with Crippen molar-refractivity contribution in [3.8, 4) is 17.4 Å². The molecule has 2 amide bonds. The van der Waals surface area contributed by atoms with Gasteiger partial charge in [0.25, 0.3) is 0 Å². The molecule has 0 atom stereocenters. The maximum Gasteiger partial charge on any atom is 0.417 e. The third-order valence-electron chi connectivity index (χ3n) is 4.26. The molecule has 12 heteroatoms. The fourth-order valence-electron chi connectivity index (χ4n) is 2.74. The Morgan fingerprint density at radius 2 is 1.70 bits per heavy atom. The van der Waals surface area contributed by atoms with Crippen LogP contribution in [-0.2, 0) is 6.18 Å². The molecule has 8 nitrogen and oxygen atoms in total. The largest absolute Gasteiger partial charge is 0.438 e. The number of carbonyl (C=O) groups is 1. The highest BCUT2D eigenvalue weighted by molar-refractivity contribution is 6.31. The predicted octanol–water partition coefficient (Wildman–Crippen LogP) is 5.77. The van der Waals surface area contributed by atoms with Crippen LogP contribution in [0.4, 0.5) is 29.3 Å². The molecule has 2 N–H and O–H groups in total. The van der Waals surface area contributed by atoms with Crippen LogP contribution in [-0.4, -0.2) is 25.8 Å². The van der Waals surface area contributed by atoms with Gasteiger partial charge >= 0.3 is 12.2 Å². The van der Waals surface area contributed by atoms with E-state index in [0.29, 0.717) is 17.3 Å². The summed E-state index contributed by atoms with van der Waals surface area (Å²) in [6, 6.07) is 12.0. The van der Waals surface area contributed by atoms with Gasteiger partial charge in [-0.05, 0) is 48.5 Å². The van der Waals surface area contributed by atoms with Crippen LogP contribution in [0, 0.1) is 0 Å². The zero-order chi connectivity index (χ0) is 23.4. The van der Waals surface area contributed by atoms with Gasteiger partial charge in [0, 0.05) is 29.8 Å². The summed E-state index contributed by atoms with van der Waals surface area (Å²) >= 11 is 5.58. The molecule has 0 aliphatic heterocycles. The van der Waals surface area contributed by atoms with Crippen molar-refractivity contribution < 1.29 is 22.7 Å². The van der Waals surface area contributed by atoms with E-state index in [-0.39, 0.29) is 11.6 Å². The average molecular weight is 475 g/mol. The van der Waals surface area contributed by atoms with E-state index in [1.807, 2.05) is 0 Å². The number of nitrogens with one attached hydrogen (secondary N) is 2. The number of ether oxygens (including phenoxy) is 1. The number of imidazole rings is 1. The highest BCUT2D eigenvalue weighted by Gasteiger charge is 2.33. The van der Waals surface area contributed by atoms with Crippen LogP contribution in [0.2, 0.25) is 5.02 Å². The number of carbonyl (C=O) groups excluding carboxylic acids is 1. The molecule has 33 heavy (non-hydrogen) atoms. The summed E-state index contributed by atoms with van der Waals surface area (Å²) < 4.78 is 46.2. The second-order valence-corrected chi connectivity index (χ2v) is 7.00. The van der Waals surface area contributed by atoms with E-state index in [0.717, 1.165) is 12.1 Å². The number of halogens is 4. The van der Waals surface area contributed by atoms with E-state index in [1.165, 1.54) is 6.07 Å². The third-order valence-corrected chi connectivity index (χ3v) is 4.59. The van der Waals surface area contributed by atoms with E-state index in [1.54, 1.807) is 59.7 Å². The number of nitrogens with zero attached hydrogens (tertiary/aromatic N) is 4. The maximum absolute atomic E-state index is 13.0. The molecular formula is C21H14ClF3N6O2. The first-order valence-corrected chi connectivity index (χ1v) is 9.70. The lowest BCUT2D eigenvalue weighted by Gasteiger charge is -2.12. The molecule has 0 fully saturated rings. The quantitative estimate of drug-likeness (QED) is 0.383. The van der Waals surface area contributed by atoms with Crippen molar-refractivity contribution in [1.82, 2.24) is 19.7 Å². The summed E-state index contributed by atoms with van der Waals surface area (Å²) in [4.78, 5) is 16.1. The predicted molar refractivity (Wildman–Crippen MR) is 115 cm³/mol. The van der Waals surface area contributed by atoms with Gasteiger partial charge in [-0.15, -0.1) is 10.2 Å². The third kappa shape index (κ3) is 5.57. The molecule has 2 heterocycles. The Morgan fingerprint density at radius 1 is 0.970 bits per heavy atom. The van der Waals surface area contributed by atoms with Crippen LogP contribution in [0.3, 0.4) is 0 Å². The molecule has 4 aromatic rings. The van der Waals surface area contributed by atoms with Gasteiger partial charge in [0.05, 0.1) is 10.6 Å². The summed E-state index contributed by atoms with van der Waals surface area (Å²) in [7, 11) is 0. The van der Waals surface area contributed by atoms with Gasteiger partial charge in [-0.25, -0.2) is 9.78 Å². The summed E-state index contributed by atoms with van der Waals surface area (Å²) in [6.45, 7) is 0. The normalized spacial score (nSPS) is 11.2. The molecule has 168 valence electrons. The number of urea groups is 1. The summed E-state index contributed by atoms with van der Waals surface area (Å²) in [5, 5.41) is 12.4. The molecule has 4 rings (SSSR count). The van der Waals surface area contributed by atoms with Gasteiger partial charge in [-0.3, -0.25) is 4.57 Å². The molecular weight excluding hydrogens is 461 g/mol. The van der Waals surface area contributed by atoms with Crippen LogP contribution in [0.25, 0.3) is 5.82 Å². The second kappa shape index (κ2) is 9.17. The zero-order valence-corrected chi connectivity index (χ0v) is 17.3. The Labute approximate surface area is 190 Å². The molecule has 2 aromatic heterocycles. The van der Waals surface area contributed by atoms with Crippen LogP contribution in [0.15, 0.2) is 73.3 Å². The van der Waals surface area contributed by atoms with Crippen molar-refractivity contribution in [2.45, 2.75) is 6.18 Å². The number of amides is 2. The van der Waals surface area contributed by atoms with Gasteiger partial charge in [0.1, 0.15) is 12.1 Å². The highest BCUT2D eigenvalue weighted by Crippen LogP contribution is 2.36. The Kier molecular flexibility index (Phi) is 6.13. The number of alkyl halides is 3. The Bertz CT molecular complexity index is 1250. The molecule has 0 bridgehead atoms. The van der Waals surface area contributed by atoms with Crippen LogP contribution >= 0.6 is 11.6 Å². The second-order valence-electron chi connectivity index (χ2n) is 6.60. The van der Waals surface area contributed by atoms with Gasteiger partial charge in [0.15, 0.2) is 5.82 Å². The first-order chi connectivity index (χ1) is 15.8. The lowest BCUT2D eigenvalue weighted by atomic mass is 10.2. The van der Waals surface area contributed by atoms with Gasteiger partial charge in [-0.2, -0.15) is 13.2 Å². The molecule has 0 saturated carbocycles. The van der Waals surface area contributed by atoms with E-state index in [9.17, 15) is 18.0 Å². The minimum absolute atomic E-state index is 0.0538. The minimum Gasteiger partial charge on any atom is -0.438 e. The fraction of sp³-hybridized carbons (Fsp3) is 0.0476. The zero-order valence-electron chi connectivity index (χ0n) is 16.5. The minimum atomic E-state index is -4.63. The van der Waals surface area contributed by atoms with E-state index >= 15 is 0 Å². The van der Waals surface area contributed by atoms with Gasteiger partial charge in [0.2, 0.25) is 5.88 Å². The number of aromatic nitrogens is 4. The Morgan fingerprint density at radius 3 is 2.33 bits per heavy atom. The van der Waals surface area contributed by atoms with Crippen LogP contribution in [0.1, 0.15) is 5.56 Å². The molecule has 0 spiro atoms. The van der Waals surface area contributed by atoms with Crippen molar-refractivity contribution in [3.05, 3.63) is 83.9 Å². The van der Waals surface area contributed by atoms with E-state index < -0.39 is 22.8 Å². The van der Waals surface area contributed by atoms with E-state index in [4.69, 9.17) is 16.3 Å². The first-order valence-electron chi connectivity index (χ1n) is 9.33. The van der Waals surface area contributed by atoms with Crippen molar-refractivity contribution in [3.63, 3.8) is 0 Å². The van der Waals surface area contributed by atoms with E-state index in [2.05, 4.69) is 25.8 Å². The number of hydrogen-bond acceptors (Lipinski definition) is 5. The maximum atomic E-state index is 13.0. The average Bonchev–Trinajstić information content (AvgIpc) is 3.31. The summed E-state index contributed by atoms with van der Waals surface area (Å²) in [5.41, 5.74) is -0.696. The number of anilines is 2. The Hall–Kier alpha value is -4.12. The molecule has 0 saturated heterocycles.